The van der Waals surface area contributed by atoms with Crippen LogP contribution in [0.4, 0.5) is 0 Å². The van der Waals surface area contributed by atoms with E-state index < -0.39 is 0 Å². The summed E-state index contributed by atoms with van der Waals surface area (Å²) >= 11 is 0. The van der Waals surface area contributed by atoms with Crippen LogP contribution in [0.2, 0.25) is 0 Å². The number of hydrogen-bond acceptors (Lipinski definition) is 5. The Hall–Kier alpha value is -2.60. The molecule has 1 aromatic heterocycles. The summed E-state index contributed by atoms with van der Waals surface area (Å²) in [7, 11) is 1.61. The van der Waals surface area contributed by atoms with Crippen molar-refractivity contribution in [2.24, 2.45) is 5.92 Å². The van der Waals surface area contributed by atoms with Crippen LogP contribution in [0.25, 0.3) is 0 Å². The van der Waals surface area contributed by atoms with Gasteiger partial charge in [0.1, 0.15) is 6.61 Å². The number of carbonyl (C=O) groups excluding carboxylic acids is 1. The Bertz CT molecular complexity index is 717. The lowest BCUT2D eigenvalue weighted by atomic mass is 10.0. The number of amides is 1. The maximum absolute atomic E-state index is 12.1. The number of nitrogens with zero attached hydrogens (tertiary/aromatic N) is 1. The molecule has 2 heterocycles. The second-order valence-corrected chi connectivity index (χ2v) is 6.14. The minimum atomic E-state index is -0.0868. The molecular weight excluding hydrogens is 318 g/mol. The van der Waals surface area contributed by atoms with Crippen molar-refractivity contribution >= 4 is 5.91 Å². The quantitative estimate of drug-likeness (QED) is 0.807. The summed E-state index contributed by atoms with van der Waals surface area (Å²) in [6, 6.07) is 9.47. The molecule has 0 spiro atoms. The molecule has 0 saturated carbocycles. The molecule has 132 valence electrons. The van der Waals surface area contributed by atoms with Gasteiger partial charge in [0.05, 0.1) is 19.1 Å². The molecule has 6 nitrogen and oxygen atoms in total. The summed E-state index contributed by atoms with van der Waals surface area (Å²) in [5, 5.41) is 6.15. The summed E-state index contributed by atoms with van der Waals surface area (Å²) in [5.41, 5.74) is 2.02. The Morgan fingerprint density at radius 1 is 1.28 bits per heavy atom. The van der Waals surface area contributed by atoms with Crippen molar-refractivity contribution in [2.75, 3.05) is 20.2 Å². The monoisotopic (exact) mass is 341 g/mol. The van der Waals surface area contributed by atoms with Gasteiger partial charge in [-0.3, -0.25) is 9.78 Å². The maximum atomic E-state index is 12.1. The number of carbonyl (C=O) groups is 1. The highest BCUT2D eigenvalue weighted by atomic mass is 16.5. The standard InChI is InChI=1S/C19H23N3O3/c1-13(22-19(23)16-10-21-11-16)15-3-4-17(18(9-15)24-2)25-12-14-5-7-20-8-6-14/h3-9,13,16,21H,10-12H2,1-2H3,(H,22,23). The largest absolute Gasteiger partial charge is 0.493 e. The molecule has 0 aliphatic carbocycles. The normalized spacial score (nSPS) is 15.1. The van der Waals surface area contributed by atoms with Gasteiger partial charge in [0, 0.05) is 25.5 Å². The number of nitrogens with one attached hydrogen (secondary N) is 2. The molecule has 1 aromatic carbocycles. The Morgan fingerprint density at radius 2 is 2.04 bits per heavy atom. The number of ether oxygens (including phenoxy) is 2. The first-order chi connectivity index (χ1) is 12.2. The maximum Gasteiger partial charge on any atom is 0.226 e. The van der Waals surface area contributed by atoms with E-state index in [4.69, 9.17) is 9.47 Å². The predicted octanol–water partition coefficient (Wildman–Crippen LogP) is 2.07. The van der Waals surface area contributed by atoms with Gasteiger partial charge in [-0.15, -0.1) is 0 Å². The van der Waals surface area contributed by atoms with Crippen molar-refractivity contribution in [3.63, 3.8) is 0 Å². The Labute approximate surface area is 147 Å². The van der Waals surface area contributed by atoms with Gasteiger partial charge in [-0.25, -0.2) is 0 Å². The predicted molar refractivity (Wildman–Crippen MR) is 94.5 cm³/mol. The zero-order valence-corrected chi connectivity index (χ0v) is 14.5. The molecule has 2 aromatic rings. The first-order valence-electron chi connectivity index (χ1n) is 8.38. The van der Waals surface area contributed by atoms with Crippen LogP contribution in [-0.4, -0.2) is 31.1 Å². The second kappa shape index (κ2) is 7.98. The lowest BCUT2D eigenvalue weighted by Crippen LogP contribution is -2.51. The third kappa shape index (κ3) is 4.28. The minimum Gasteiger partial charge on any atom is -0.493 e. The fraction of sp³-hybridized carbons (Fsp3) is 0.368. The van der Waals surface area contributed by atoms with Crippen molar-refractivity contribution in [2.45, 2.75) is 19.6 Å². The molecule has 6 heteroatoms. The van der Waals surface area contributed by atoms with Crippen molar-refractivity contribution in [1.82, 2.24) is 15.6 Å². The van der Waals surface area contributed by atoms with E-state index in [-0.39, 0.29) is 17.9 Å². The average Bonchev–Trinajstić information content (AvgIpc) is 2.59. The van der Waals surface area contributed by atoms with E-state index in [9.17, 15) is 4.79 Å². The van der Waals surface area contributed by atoms with Gasteiger partial charge in [0.25, 0.3) is 0 Å². The fourth-order valence-electron chi connectivity index (χ4n) is 2.60. The highest BCUT2D eigenvalue weighted by Gasteiger charge is 2.26. The van der Waals surface area contributed by atoms with E-state index >= 15 is 0 Å². The highest BCUT2D eigenvalue weighted by Crippen LogP contribution is 2.31. The summed E-state index contributed by atoms with van der Waals surface area (Å²) in [6.07, 6.45) is 3.47. The Morgan fingerprint density at radius 3 is 2.68 bits per heavy atom. The molecule has 25 heavy (non-hydrogen) atoms. The second-order valence-electron chi connectivity index (χ2n) is 6.14. The van der Waals surface area contributed by atoms with Gasteiger partial charge in [-0.2, -0.15) is 0 Å². The Balaban J connectivity index is 1.65. The molecule has 1 amide bonds. The molecule has 0 bridgehead atoms. The third-order valence-corrected chi connectivity index (χ3v) is 4.34. The number of rotatable bonds is 7. The highest BCUT2D eigenvalue weighted by molar-refractivity contribution is 5.80. The lowest BCUT2D eigenvalue weighted by molar-refractivity contribution is -0.127. The van der Waals surface area contributed by atoms with E-state index in [1.54, 1.807) is 19.5 Å². The van der Waals surface area contributed by atoms with Crippen LogP contribution >= 0.6 is 0 Å². The summed E-state index contributed by atoms with van der Waals surface area (Å²) in [5.74, 6) is 1.48. The van der Waals surface area contributed by atoms with Gasteiger partial charge < -0.3 is 20.1 Å². The van der Waals surface area contributed by atoms with E-state index in [0.717, 1.165) is 24.2 Å². The van der Waals surface area contributed by atoms with Crippen LogP contribution in [0.1, 0.15) is 24.1 Å². The topological polar surface area (TPSA) is 72.5 Å². The molecule has 1 saturated heterocycles. The van der Waals surface area contributed by atoms with E-state index in [1.165, 1.54) is 0 Å². The summed E-state index contributed by atoms with van der Waals surface area (Å²) in [6.45, 7) is 3.92. The van der Waals surface area contributed by atoms with Crippen LogP contribution in [-0.2, 0) is 11.4 Å². The van der Waals surface area contributed by atoms with Crippen LogP contribution in [0, 0.1) is 5.92 Å². The smallest absolute Gasteiger partial charge is 0.226 e. The van der Waals surface area contributed by atoms with Crippen LogP contribution in [0.15, 0.2) is 42.7 Å². The van der Waals surface area contributed by atoms with Gasteiger partial charge in [-0.05, 0) is 42.3 Å². The number of hydrogen-bond donors (Lipinski definition) is 2. The number of methoxy groups -OCH3 is 1. The first-order valence-corrected chi connectivity index (χ1v) is 8.38. The van der Waals surface area contributed by atoms with Crippen LogP contribution < -0.4 is 20.1 Å². The van der Waals surface area contributed by atoms with Gasteiger partial charge in [-0.1, -0.05) is 6.07 Å². The van der Waals surface area contributed by atoms with Crippen LogP contribution in [0.5, 0.6) is 11.5 Å². The van der Waals surface area contributed by atoms with E-state index in [0.29, 0.717) is 18.1 Å². The van der Waals surface area contributed by atoms with Crippen molar-refractivity contribution in [3.8, 4) is 11.5 Å². The average molecular weight is 341 g/mol. The molecule has 0 radical (unpaired) electrons. The first kappa shape index (κ1) is 17.2. The molecule has 1 aliphatic rings. The molecule has 3 rings (SSSR count). The SMILES string of the molecule is COc1cc(C(C)NC(=O)C2CNC2)ccc1OCc1ccncc1. The van der Waals surface area contributed by atoms with Gasteiger partial charge in [0.2, 0.25) is 5.91 Å². The number of benzene rings is 1. The van der Waals surface area contributed by atoms with Crippen LogP contribution in [0.3, 0.4) is 0 Å². The third-order valence-electron chi connectivity index (χ3n) is 4.34. The van der Waals surface area contributed by atoms with Crippen molar-refractivity contribution in [3.05, 3.63) is 53.9 Å². The summed E-state index contributed by atoms with van der Waals surface area (Å²) in [4.78, 5) is 16.1. The molecule has 2 N–H and O–H groups in total. The molecule has 1 aliphatic heterocycles. The van der Waals surface area contributed by atoms with Gasteiger partial charge in [0.15, 0.2) is 11.5 Å². The Kier molecular flexibility index (Phi) is 5.50. The zero-order valence-electron chi connectivity index (χ0n) is 14.5. The van der Waals surface area contributed by atoms with E-state index in [1.807, 2.05) is 37.3 Å². The summed E-state index contributed by atoms with van der Waals surface area (Å²) < 4.78 is 11.3. The lowest BCUT2D eigenvalue weighted by Gasteiger charge is -2.27. The zero-order chi connectivity index (χ0) is 17.6. The van der Waals surface area contributed by atoms with Crippen molar-refractivity contribution in [1.29, 1.82) is 0 Å². The molecule has 1 atom stereocenters. The molecule has 1 fully saturated rings. The molecule has 1 unspecified atom stereocenters. The van der Waals surface area contributed by atoms with Crippen molar-refractivity contribution < 1.29 is 14.3 Å². The van der Waals surface area contributed by atoms with E-state index in [2.05, 4.69) is 15.6 Å². The number of aromatic nitrogens is 1. The number of pyridine rings is 1. The molecular formula is C19H23N3O3. The fourth-order valence-corrected chi connectivity index (χ4v) is 2.60. The minimum absolute atomic E-state index is 0.0762. The van der Waals surface area contributed by atoms with Gasteiger partial charge >= 0.3 is 0 Å².